The van der Waals surface area contributed by atoms with Crippen LogP contribution >= 0.6 is 0 Å². The predicted octanol–water partition coefficient (Wildman–Crippen LogP) is 5.94. The Morgan fingerprint density at radius 3 is 2.31 bits per heavy atom. The number of aromatic nitrogens is 5. The maximum absolute atomic E-state index is 4.94. The van der Waals surface area contributed by atoms with E-state index in [9.17, 15) is 0 Å². The highest BCUT2D eigenvalue weighted by atomic mass is 15.1. The van der Waals surface area contributed by atoms with Crippen LogP contribution in [0.4, 0.5) is 0 Å². The van der Waals surface area contributed by atoms with Gasteiger partial charge in [-0.3, -0.25) is 14.5 Å². The first-order valence-corrected chi connectivity index (χ1v) is 10.4. The molecule has 0 saturated heterocycles. The van der Waals surface area contributed by atoms with E-state index in [1.54, 1.807) is 12.4 Å². The van der Waals surface area contributed by atoms with E-state index in [2.05, 4.69) is 79.9 Å². The SMILES string of the molecule is c1ccc(-c2cn(-c3cccnc3)c(-c3ccc(-n4ccc5ccccc54)cc3)n2)nc1. The summed E-state index contributed by atoms with van der Waals surface area (Å²) in [7, 11) is 0. The molecule has 2 aromatic carbocycles. The maximum Gasteiger partial charge on any atom is 0.145 e. The fraction of sp³-hybridized carbons (Fsp3) is 0. The molecule has 0 amide bonds. The standard InChI is InChI=1S/C27H19N5/c1-2-9-26-20(6-1)14-17-31(26)22-12-10-21(11-13-22)27-30-25(24-8-3-4-16-29-24)19-32(27)23-7-5-15-28-18-23/h1-19H. The summed E-state index contributed by atoms with van der Waals surface area (Å²) in [6.45, 7) is 0. The quantitative estimate of drug-likeness (QED) is 0.359. The second-order valence-corrected chi connectivity index (χ2v) is 7.54. The first kappa shape index (κ1) is 18.3. The Labute approximate surface area is 185 Å². The van der Waals surface area contributed by atoms with Gasteiger partial charge >= 0.3 is 0 Å². The van der Waals surface area contributed by atoms with E-state index in [0.717, 1.165) is 34.2 Å². The second-order valence-electron chi connectivity index (χ2n) is 7.54. The molecule has 0 radical (unpaired) electrons. The van der Waals surface area contributed by atoms with Gasteiger partial charge < -0.3 is 4.57 Å². The largest absolute Gasteiger partial charge is 0.317 e. The molecule has 0 atom stereocenters. The van der Waals surface area contributed by atoms with Crippen molar-refractivity contribution in [1.82, 2.24) is 24.1 Å². The molecule has 32 heavy (non-hydrogen) atoms. The van der Waals surface area contributed by atoms with Crippen LogP contribution in [-0.4, -0.2) is 24.1 Å². The van der Waals surface area contributed by atoms with E-state index in [0.29, 0.717) is 0 Å². The minimum absolute atomic E-state index is 0.824. The van der Waals surface area contributed by atoms with Gasteiger partial charge in [-0.15, -0.1) is 0 Å². The second kappa shape index (κ2) is 7.63. The zero-order chi connectivity index (χ0) is 21.3. The van der Waals surface area contributed by atoms with Crippen molar-refractivity contribution in [3.8, 4) is 34.2 Å². The van der Waals surface area contributed by atoms with Crippen molar-refractivity contribution in [2.75, 3.05) is 0 Å². The molecule has 0 unspecified atom stereocenters. The fourth-order valence-corrected chi connectivity index (χ4v) is 3.99. The van der Waals surface area contributed by atoms with Gasteiger partial charge in [0.05, 0.1) is 23.1 Å². The Hall–Kier alpha value is -4.51. The Kier molecular flexibility index (Phi) is 4.36. The van der Waals surface area contributed by atoms with Gasteiger partial charge in [-0.1, -0.05) is 24.3 Å². The molecule has 0 aliphatic carbocycles. The van der Waals surface area contributed by atoms with Crippen molar-refractivity contribution in [1.29, 1.82) is 0 Å². The summed E-state index contributed by atoms with van der Waals surface area (Å²) in [6, 6.07) is 28.8. The minimum Gasteiger partial charge on any atom is -0.317 e. The van der Waals surface area contributed by atoms with E-state index < -0.39 is 0 Å². The Balaban J connectivity index is 1.45. The molecule has 4 heterocycles. The van der Waals surface area contributed by atoms with E-state index in [1.807, 2.05) is 42.7 Å². The van der Waals surface area contributed by atoms with Gasteiger partial charge in [0.2, 0.25) is 0 Å². The Morgan fingerprint density at radius 1 is 0.625 bits per heavy atom. The van der Waals surface area contributed by atoms with Crippen molar-refractivity contribution in [2.45, 2.75) is 0 Å². The number of para-hydroxylation sites is 1. The molecule has 0 fully saturated rings. The molecule has 0 saturated carbocycles. The third-order valence-electron chi connectivity index (χ3n) is 5.56. The van der Waals surface area contributed by atoms with Crippen molar-refractivity contribution in [2.24, 2.45) is 0 Å². The predicted molar refractivity (Wildman–Crippen MR) is 127 cm³/mol. The highest BCUT2D eigenvalue weighted by Crippen LogP contribution is 2.28. The highest BCUT2D eigenvalue weighted by Gasteiger charge is 2.14. The summed E-state index contributed by atoms with van der Waals surface area (Å²) in [5.41, 5.74) is 5.94. The fourth-order valence-electron chi connectivity index (χ4n) is 3.99. The van der Waals surface area contributed by atoms with Gasteiger partial charge in [-0.05, 0) is 66.0 Å². The smallest absolute Gasteiger partial charge is 0.145 e. The highest BCUT2D eigenvalue weighted by molar-refractivity contribution is 5.82. The molecular weight excluding hydrogens is 394 g/mol. The van der Waals surface area contributed by atoms with Crippen molar-refractivity contribution in [3.63, 3.8) is 0 Å². The molecule has 0 spiro atoms. The van der Waals surface area contributed by atoms with E-state index in [1.165, 1.54) is 10.9 Å². The summed E-state index contributed by atoms with van der Waals surface area (Å²) in [5.74, 6) is 0.850. The summed E-state index contributed by atoms with van der Waals surface area (Å²) < 4.78 is 4.27. The van der Waals surface area contributed by atoms with Crippen LogP contribution in [0.2, 0.25) is 0 Å². The number of hydrogen-bond donors (Lipinski definition) is 0. The number of fused-ring (bicyclic) bond motifs is 1. The normalized spacial score (nSPS) is 11.1. The van der Waals surface area contributed by atoms with Crippen molar-refractivity contribution in [3.05, 3.63) is 116 Å². The van der Waals surface area contributed by atoms with Crippen LogP contribution in [0.3, 0.4) is 0 Å². The van der Waals surface area contributed by atoms with Crippen LogP contribution in [0.25, 0.3) is 45.1 Å². The zero-order valence-corrected chi connectivity index (χ0v) is 17.2. The van der Waals surface area contributed by atoms with Crippen molar-refractivity contribution >= 4 is 10.9 Å². The van der Waals surface area contributed by atoms with Gasteiger partial charge in [0.25, 0.3) is 0 Å². The average Bonchev–Trinajstić information content (AvgIpc) is 3.51. The number of rotatable bonds is 4. The van der Waals surface area contributed by atoms with E-state index in [-0.39, 0.29) is 0 Å². The third-order valence-corrected chi connectivity index (χ3v) is 5.56. The van der Waals surface area contributed by atoms with Gasteiger partial charge in [0.15, 0.2) is 0 Å². The first-order chi connectivity index (χ1) is 15.9. The summed E-state index contributed by atoms with van der Waals surface area (Å²) >= 11 is 0. The first-order valence-electron chi connectivity index (χ1n) is 10.4. The van der Waals surface area contributed by atoms with Crippen LogP contribution < -0.4 is 0 Å². The summed E-state index contributed by atoms with van der Waals surface area (Å²) in [4.78, 5) is 13.7. The molecular formula is C27H19N5. The van der Waals surface area contributed by atoms with E-state index in [4.69, 9.17) is 4.98 Å². The summed E-state index contributed by atoms with van der Waals surface area (Å²) in [5, 5.41) is 1.23. The van der Waals surface area contributed by atoms with E-state index >= 15 is 0 Å². The van der Waals surface area contributed by atoms with Gasteiger partial charge in [0.1, 0.15) is 11.5 Å². The number of nitrogens with zero attached hydrogens (tertiary/aromatic N) is 5. The lowest BCUT2D eigenvalue weighted by Gasteiger charge is -2.09. The van der Waals surface area contributed by atoms with Gasteiger partial charge in [-0.25, -0.2) is 4.98 Å². The number of hydrogen-bond acceptors (Lipinski definition) is 3. The lowest BCUT2D eigenvalue weighted by molar-refractivity contribution is 1.05. The molecule has 0 aliphatic heterocycles. The molecule has 152 valence electrons. The van der Waals surface area contributed by atoms with Crippen LogP contribution in [0.15, 0.2) is 116 Å². The monoisotopic (exact) mass is 413 g/mol. The molecule has 0 N–H and O–H groups in total. The lowest BCUT2D eigenvalue weighted by atomic mass is 10.2. The average molecular weight is 413 g/mol. The van der Waals surface area contributed by atoms with Crippen LogP contribution in [0.1, 0.15) is 0 Å². The zero-order valence-electron chi connectivity index (χ0n) is 17.2. The molecule has 4 aromatic heterocycles. The molecule has 6 rings (SSSR count). The number of benzene rings is 2. The maximum atomic E-state index is 4.94. The number of pyridine rings is 2. The topological polar surface area (TPSA) is 48.5 Å². The Bertz CT molecular complexity index is 1500. The molecule has 0 aliphatic rings. The lowest BCUT2D eigenvalue weighted by Crippen LogP contribution is -1.97. The number of imidazole rings is 1. The molecule has 5 heteroatoms. The molecule has 6 aromatic rings. The summed E-state index contributed by atoms with van der Waals surface area (Å²) in [6.07, 6.45) is 9.52. The van der Waals surface area contributed by atoms with Crippen LogP contribution in [-0.2, 0) is 0 Å². The van der Waals surface area contributed by atoms with Crippen molar-refractivity contribution < 1.29 is 0 Å². The minimum atomic E-state index is 0.824. The third kappa shape index (κ3) is 3.17. The Morgan fingerprint density at radius 2 is 1.50 bits per heavy atom. The molecule has 0 bridgehead atoms. The van der Waals surface area contributed by atoms with Crippen LogP contribution in [0, 0.1) is 0 Å². The molecule has 5 nitrogen and oxygen atoms in total. The van der Waals surface area contributed by atoms with Gasteiger partial charge in [-0.2, -0.15) is 0 Å². The van der Waals surface area contributed by atoms with Crippen LogP contribution in [0.5, 0.6) is 0 Å². The van der Waals surface area contributed by atoms with Gasteiger partial charge in [0, 0.05) is 36.0 Å².